The molecule has 0 amide bonds. The molecular weight excluding hydrogens is 244 g/mol. The lowest BCUT2D eigenvalue weighted by atomic mass is 9.98. The highest BCUT2D eigenvalue weighted by atomic mass is 16.4. The van der Waals surface area contributed by atoms with Gasteiger partial charge in [0.15, 0.2) is 5.78 Å². The number of carbonyl (C=O) groups is 2. The summed E-state index contributed by atoms with van der Waals surface area (Å²) < 4.78 is 0. The van der Waals surface area contributed by atoms with E-state index in [-0.39, 0.29) is 22.6 Å². The van der Waals surface area contributed by atoms with Gasteiger partial charge in [-0.15, -0.1) is 0 Å². The van der Waals surface area contributed by atoms with Gasteiger partial charge < -0.3 is 16.6 Å². The zero-order valence-electron chi connectivity index (χ0n) is 9.96. The van der Waals surface area contributed by atoms with Crippen LogP contribution in [0.2, 0.25) is 0 Å². The van der Waals surface area contributed by atoms with E-state index in [1.807, 2.05) is 0 Å². The van der Waals surface area contributed by atoms with Crippen molar-refractivity contribution in [3.8, 4) is 0 Å². The molecule has 2 aromatic carbocycles. The van der Waals surface area contributed by atoms with E-state index in [2.05, 4.69) is 0 Å². The predicted octanol–water partition coefficient (Wildman–Crippen LogP) is 1.78. The molecule has 2 rings (SSSR count). The monoisotopic (exact) mass is 256 g/mol. The van der Waals surface area contributed by atoms with Crippen LogP contribution in [0.4, 0.5) is 11.4 Å². The van der Waals surface area contributed by atoms with Crippen LogP contribution >= 0.6 is 0 Å². The number of rotatable bonds is 3. The number of benzene rings is 2. The van der Waals surface area contributed by atoms with Gasteiger partial charge in [-0.25, -0.2) is 4.79 Å². The fourth-order valence-electron chi connectivity index (χ4n) is 1.79. The lowest BCUT2D eigenvalue weighted by Gasteiger charge is -2.08. The van der Waals surface area contributed by atoms with Gasteiger partial charge in [-0.3, -0.25) is 4.79 Å². The summed E-state index contributed by atoms with van der Waals surface area (Å²) in [5.74, 6) is -1.52. The number of anilines is 2. The van der Waals surface area contributed by atoms with Crippen molar-refractivity contribution in [3.63, 3.8) is 0 Å². The van der Waals surface area contributed by atoms with Gasteiger partial charge in [0.2, 0.25) is 0 Å². The summed E-state index contributed by atoms with van der Waals surface area (Å²) in [6.45, 7) is 0. The third-order valence-corrected chi connectivity index (χ3v) is 2.73. The van der Waals surface area contributed by atoms with E-state index in [1.165, 1.54) is 24.3 Å². The van der Waals surface area contributed by atoms with Crippen LogP contribution in [0.1, 0.15) is 26.3 Å². The number of ketones is 1. The molecule has 5 heteroatoms. The Morgan fingerprint density at radius 3 is 2.21 bits per heavy atom. The minimum absolute atomic E-state index is 0.0394. The van der Waals surface area contributed by atoms with E-state index in [0.29, 0.717) is 11.3 Å². The SMILES string of the molecule is Nc1cccc(C(=O)c2cccc(C(=O)O)c2N)c1. The fraction of sp³-hybridized carbons (Fsp3) is 0. The lowest BCUT2D eigenvalue weighted by molar-refractivity contribution is 0.0698. The topological polar surface area (TPSA) is 106 Å². The number of carboxylic acids is 1. The van der Waals surface area contributed by atoms with Crippen LogP contribution in [0.3, 0.4) is 0 Å². The van der Waals surface area contributed by atoms with Crippen LogP contribution in [-0.2, 0) is 0 Å². The Morgan fingerprint density at radius 1 is 0.947 bits per heavy atom. The van der Waals surface area contributed by atoms with Gasteiger partial charge in [0.05, 0.1) is 11.3 Å². The van der Waals surface area contributed by atoms with Crippen molar-refractivity contribution in [3.05, 3.63) is 59.2 Å². The number of nitrogen functional groups attached to an aromatic ring is 2. The van der Waals surface area contributed by atoms with Crippen molar-refractivity contribution < 1.29 is 14.7 Å². The minimum atomic E-state index is -1.17. The summed E-state index contributed by atoms with van der Waals surface area (Å²) in [5, 5.41) is 8.98. The maximum atomic E-state index is 12.3. The summed E-state index contributed by atoms with van der Waals surface area (Å²) in [4.78, 5) is 23.2. The number of carbonyl (C=O) groups excluding carboxylic acids is 1. The van der Waals surface area contributed by atoms with Crippen molar-refractivity contribution in [1.82, 2.24) is 0 Å². The van der Waals surface area contributed by atoms with Crippen molar-refractivity contribution >= 4 is 23.1 Å². The first kappa shape index (κ1) is 12.6. The number of para-hydroxylation sites is 1. The van der Waals surface area contributed by atoms with Crippen LogP contribution in [-0.4, -0.2) is 16.9 Å². The molecule has 0 aromatic heterocycles. The van der Waals surface area contributed by atoms with Crippen LogP contribution in [0.15, 0.2) is 42.5 Å². The zero-order chi connectivity index (χ0) is 14.0. The smallest absolute Gasteiger partial charge is 0.337 e. The first-order valence-electron chi connectivity index (χ1n) is 5.52. The molecular formula is C14H12N2O3. The van der Waals surface area contributed by atoms with E-state index in [4.69, 9.17) is 16.6 Å². The molecule has 19 heavy (non-hydrogen) atoms. The highest BCUT2D eigenvalue weighted by Crippen LogP contribution is 2.21. The van der Waals surface area contributed by atoms with Crippen molar-refractivity contribution in [2.24, 2.45) is 0 Å². The molecule has 96 valence electrons. The number of hydrogen-bond donors (Lipinski definition) is 3. The number of hydrogen-bond acceptors (Lipinski definition) is 4. The first-order valence-corrected chi connectivity index (χ1v) is 5.52. The van der Waals surface area contributed by atoms with Crippen molar-refractivity contribution in [2.75, 3.05) is 11.5 Å². The second-order valence-electron chi connectivity index (χ2n) is 4.03. The van der Waals surface area contributed by atoms with E-state index >= 15 is 0 Å². The molecule has 5 nitrogen and oxygen atoms in total. The number of carboxylic acid groups (broad SMARTS) is 1. The quantitative estimate of drug-likeness (QED) is 0.573. The van der Waals surface area contributed by atoms with Gasteiger partial charge in [0.1, 0.15) is 0 Å². The van der Waals surface area contributed by atoms with Gasteiger partial charge in [-0.2, -0.15) is 0 Å². The molecule has 0 saturated heterocycles. The Bertz CT molecular complexity index is 665. The Kier molecular flexibility index (Phi) is 3.20. The van der Waals surface area contributed by atoms with E-state index in [9.17, 15) is 9.59 Å². The Labute approximate surface area is 109 Å². The van der Waals surface area contributed by atoms with Gasteiger partial charge in [-0.1, -0.05) is 18.2 Å². The fourth-order valence-corrected chi connectivity index (χ4v) is 1.79. The molecule has 0 heterocycles. The van der Waals surface area contributed by atoms with Crippen molar-refractivity contribution in [2.45, 2.75) is 0 Å². The van der Waals surface area contributed by atoms with Gasteiger partial charge in [0, 0.05) is 16.8 Å². The minimum Gasteiger partial charge on any atom is -0.478 e. The number of aromatic carboxylic acids is 1. The van der Waals surface area contributed by atoms with Crippen LogP contribution in [0.25, 0.3) is 0 Å². The molecule has 0 spiro atoms. The molecule has 0 saturated carbocycles. The predicted molar refractivity (Wildman–Crippen MR) is 72.1 cm³/mol. The molecule has 0 aliphatic rings. The summed E-state index contributed by atoms with van der Waals surface area (Å²) in [5.41, 5.74) is 12.2. The zero-order valence-corrected chi connectivity index (χ0v) is 9.96. The average molecular weight is 256 g/mol. The van der Waals surface area contributed by atoms with Crippen molar-refractivity contribution in [1.29, 1.82) is 0 Å². The van der Waals surface area contributed by atoms with Crippen LogP contribution in [0, 0.1) is 0 Å². The lowest BCUT2D eigenvalue weighted by Crippen LogP contribution is -2.10. The van der Waals surface area contributed by atoms with Gasteiger partial charge in [-0.05, 0) is 24.3 Å². The molecule has 5 N–H and O–H groups in total. The molecule has 0 aliphatic heterocycles. The third kappa shape index (κ3) is 2.40. The van der Waals surface area contributed by atoms with E-state index in [1.54, 1.807) is 18.2 Å². The van der Waals surface area contributed by atoms with E-state index < -0.39 is 5.97 Å². The summed E-state index contributed by atoms with van der Waals surface area (Å²) in [6.07, 6.45) is 0. The van der Waals surface area contributed by atoms with Gasteiger partial charge in [0.25, 0.3) is 0 Å². The first-order chi connectivity index (χ1) is 9.00. The summed E-state index contributed by atoms with van der Waals surface area (Å²) in [7, 11) is 0. The van der Waals surface area contributed by atoms with E-state index in [0.717, 1.165) is 0 Å². The second kappa shape index (κ2) is 4.81. The molecule has 0 radical (unpaired) electrons. The standard InChI is InChI=1S/C14H12N2O3/c15-9-4-1-3-8(7-9)13(17)10-5-2-6-11(12(10)16)14(18)19/h1-7H,15-16H2,(H,18,19). The average Bonchev–Trinajstić information content (AvgIpc) is 2.38. The molecule has 0 bridgehead atoms. The second-order valence-corrected chi connectivity index (χ2v) is 4.03. The highest BCUT2D eigenvalue weighted by molar-refractivity contribution is 6.14. The number of nitrogens with two attached hydrogens (primary N) is 2. The maximum absolute atomic E-state index is 12.3. The molecule has 2 aromatic rings. The molecule has 0 atom stereocenters. The molecule has 0 unspecified atom stereocenters. The summed E-state index contributed by atoms with van der Waals surface area (Å²) in [6, 6.07) is 10.8. The summed E-state index contributed by atoms with van der Waals surface area (Å²) >= 11 is 0. The van der Waals surface area contributed by atoms with Crippen LogP contribution in [0.5, 0.6) is 0 Å². The van der Waals surface area contributed by atoms with Gasteiger partial charge >= 0.3 is 5.97 Å². The normalized spacial score (nSPS) is 10.1. The third-order valence-electron chi connectivity index (χ3n) is 2.73. The Balaban J connectivity index is 2.51. The largest absolute Gasteiger partial charge is 0.478 e. The van der Waals surface area contributed by atoms with Crippen LogP contribution < -0.4 is 11.5 Å². The molecule has 0 fully saturated rings. The maximum Gasteiger partial charge on any atom is 0.337 e. The Hall–Kier alpha value is -2.82. The highest BCUT2D eigenvalue weighted by Gasteiger charge is 2.17. The Morgan fingerprint density at radius 2 is 1.58 bits per heavy atom. The molecule has 0 aliphatic carbocycles.